The first kappa shape index (κ1) is 15.8. The molecular weight excluding hydrogens is 252 g/mol. The van der Waals surface area contributed by atoms with Crippen molar-refractivity contribution in [3.63, 3.8) is 0 Å². The van der Waals surface area contributed by atoms with Gasteiger partial charge < -0.3 is 15.0 Å². The SMILES string of the molecule is CCCNC(C)(CN1CC2CCCC2C1)C(=O)OCC. The number of rotatable bonds is 7. The van der Waals surface area contributed by atoms with Gasteiger partial charge in [0.05, 0.1) is 6.61 Å². The van der Waals surface area contributed by atoms with Crippen LogP contribution in [0, 0.1) is 11.8 Å². The third-order valence-electron chi connectivity index (χ3n) is 4.83. The minimum atomic E-state index is -0.565. The lowest BCUT2D eigenvalue weighted by molar-refractivity contribution is -0.151. The predicted molar refractivity (Wildman–Crippen MR) is 80.6 cm³/mol. The Bertz CT molecular complexity index is 322. The molecule has 4 nitrogen and oxygen atoms in total. The van der Waals surface area contributed by atoms with Gasteiger partial charge in [0.15, 0.2) is 0 Å². The Hall–Kier alpha value is -0.610. The summed E-state index contributed by atoms with van der Waals surface area (Å²) >= 11 is 0. The number of fused-ring (bicyclic) bond motifs is 1. The van der Waals surface area contributed by atoms with Crippen LogP contribution < -0.4 is 5.32 Å². The van der Waals surface area contributed by atoms with Gasteiger partial charge in [-0.25, -0.2) is 0 Å². The van der Waals surface area contributed by atoms with Gasteiger partial charge in [0.25, 0.3) is 0 Å². The van der Waals surface area contributed by atoms with Crippen molar-refractivity contribution in [1.29, 1.82) is 0 Å². The van der Waals surface area contributed by atoms with Crippen molar-refractivity contribution in [2.45, 2.75) is 52.0 Å². The van der Waals surface area contributed by atoms with E-state index in [1.807, 2.05) is 13.8 Å². The number of nitrogens with zero attached hydrogens (tertiary/aromatic N) is 1. The fraction of sp³-hybridized carbons (Fsp3) is 0.938. The lowest BCUT2D eigenvalue weighted by atomic mass is 10.0. The van der Waals surface area contributed by atoms with E-state index in [2.05, 4.69) is 17.1 Å². The Balaban J connectivity index is 1.94. The zero-order valence-electron chi connectivity index (χ0n) is 13.3. The van der Waals surface area contributed by atoms with E-state index in [-0.39, 0.29) is 5.97 Å². The largest absolute Gasteiger partial charge is 0.465 e. The summed E-state index contributed by atoms with van der Waals surface area (Å²) in [5.74, 6) is 1.63. The standard InChI is InChI=1S/C16H30N2O2/c1-4-9-17-16(3,15(19)20-5-2)12-18-10-13-7-6-8-14(13)11-18/h13-14,17H,4-12H2,1-3H3. The maximum atomic E-state index is 12.3. The van der Waals surface area contributed by atoms with E-state index in [1.54, 1.807) is 0 Å². The Morgan fingerprint density at radius 2 is 1.95 bits per heavy atom. The topological polar surface area (TPSA) is 41.6 Å². The van der Waals surface area contributed by atoms with Crippen molar-refractivity contribution in [3.8, 4) is 0 Å². The summed E-state index contributed by atoms with van der Waals surface area (Å²) in [6.45, 7) is 10.4. The summed E-state index contributed by atoms with van der Waals surface area (Å²) in [5.41, 5.74) is -0.565. The number of ether oxygens (including phenoxy) is 1. The zero-order chi connectivity index (χ0) is 14.6. The molecule has 2 aliphatic rings. The summed E-state index contributed by atoms with van der Waals surface area (Å²) in [4.78, 5) is 14.8. The van der Waals surface area contributed by atoms with Gasteiger partial charge in [-0.2, -0.15) is 0 Å². The summed E-state index contributed by atoms with van der Waals surface area (Å²) in [5, 5.41) is 3.41. The van der Waals surface area contributed by atoms with Gasteiger partial charge in [-0.15, -0.1) is 0 Å². The monoisotopic (exact) mass is 282 g/mol. The fourth-order valence-electron chi connectivity index (χ4n) is 3.79. The van der Waals surface area contributed by atoms with Crippen molar-refractivity contribution in [3.05, 3.63) is 0 Å². The Labute approximate surface area is 123 Å². The molecule has 3 unspecified atom stereocenters. The van der Waals surface area contributed by atoms with Crippen molar-refractivity contribution < 1.29 is 9.53 Å². The number of nitrogens with one attached hydrogen (secondary N) is 1. The lowest BCUT2D eigenvalue weighted by Crippen LogP contribution is -2.57. The van der Waals surface area contributed by atoms with Gasteiger partial charge in [-0.3, -0.25) is 4.79 Å². The molecule has 3 atom stereocenters. The molecule has 1 saturated heterocycles. The number of likely N-dealkylation sites (tertiary alicyclic amines) is 1. The van der Waals surface area contributed by atoms with Crippen molar-refractivity contribution in [1.82, 2.24) is 10.2 Å². The highest BCUT2D eigenvalue weighted by Crippen LogP contribution is 2.38. The summed E-state index contributed by atoms with van der Waals surface area (Å²) in [7, 11) is 0. The minimum absolute atomic E-state index is 0.106. The predicted octanol–water partition coefficient (Wildman–Crippen LogP) is 2.04. The van der Waals surface area contributed by atoms with Crippen LogP contribution in [0.1, 0.15) is 46.5 Å². The van der Waals surface area contributed by atoms with E-state index < -0.39 is 5.54 Å². The third-order valence-corrected chi connectivity index (χ3v) is 4.83. The molecule has 0 spiro atoms. The number of carbonyl (C=O) groups is 1. The Morgan fingerprint density at radius 1 is 1.30 bits per heavy atom. The first-order valence-electron chi connectivity index (χ1n) is 8.23. The van der Waals surface area contributed by atoms with Crippen molar-refractivity contribution >= 4 is 5.97 Å². The molecule has 1 heterocycles. The van der Waals surface area contributed by atoms with Crippen LogP contribution in [-0.4, -0.2) is 49.2 Å². The van der Waals surface area contributed by atoms with Crippen molar-refractivity contribution in [2.24, 2.45) is 11.8 Å². The highest BCUT2D eigenvalue weighted by Gasteiger charge is 2.41. The van der Waals surface area contributed by atoms with E-state index in [9.17, 15) is 4.79 Å². The van der Waals surface area contributed by atoms with Crippen LogP contribution in [0.3, 0.4) is 0 Å². The second-order valence-corrected chi connectivity index (χ2v) is 6.62. The van der Waals surface area contributed by atoms with Gasteiger partial charge in [-0.1, -0.05) is 13.3 Å². The highest BCUT2D eigenvalue weighted by molar-refractivity contribution is 5.80. The minimum Gasteiger partial charge on any atom is -0.465 e. The van der Waals surface area contributed by atoms with E-state index in [0.717, 1.165) is 44.4 Å². The molecule has 0 bridgehead atoms. The molecule has 2 fully saturated rings. The zero-order valence-corrected chi connectivity index (χ0v) is 13.3. The van der Waals surface area contributed by atoms with Gasteiger partial charge in [0.1, 0.15) is 5.54 Å². The first-order valence-corrected chi connectivity index (χ1v) is 8.23. The second kappa shape index (κ2) is 6.90. The van der Waals surface area contributed by atoms with Crippen molar-refractivity contribution in [2.75, 3.05) is 32.8 Å². The molecule has 1 saturated carbocycles. The second-order valence-electron chi connectivity index (χ2n) is 6.62. The summed E-state index contributed by atoms with van der Waals surface area (Å²) in [6, 6.07) is 0. The van der Waals surface area contributed by atoms with E-state index >= 15 is 0 Å². The van der Waals surface area contributed by atoms with Crippen LogP contribution in [0.2, 0.25) is 0 Å². The average Bonchev–Trinajstić information content (AvgIpc) is 2.97. The molecule has 1 aliphatic carbocycles. The average molecular weight is 282 g/mol. The molecular formula is C16H30N2O2. The maximum absolute atomic E-state index is 12.3. The highest BCUT2D eigenvalue weighted by atomic mass is 16.5. The van der Waals surface area contributed by atoms with Gasteiger partial charge in [0.2, 0.25) is 0 Å². The number of hydrogen-bond donors (Lipinski definition) is 1. The smallest absolute Gasteiger partial charge is 0.327 e. The molecule has 0 aromatic carbocycles. The molecule has 1 N–H and O–H groups in total. The first-order chi connectivity index (χ1) is 9.59. The maximum Gasteiger partial charge on any atom is 0.327 e. The molecule has 4 heteroatoms. The molecule has 20 heavy (non-hydrogen) atoms. The molecule has 1 aliphatic heterocycles. The van der Waals surface area contributed by atoms with Gasteiger partial charge in [-0.05, 0) is 51.5 Å². The third kappa shape index (κ3) is 3.53. The van der Waals surface area contributed by atoms with Gasteiger partial charge >= 0.3 is 5.97 Å². The van der Waals surface area contributed by atoms with Crippen LogP contribution in [0.5, 0.6) is 0 Å². The quantitative estimate of drug-likeness (QED) is 0.726. The molecule has 116 valence electrons. The van der Waals surface area contributed by atoms with Crippen LogP contribution >= 0.6 is 0 Å². The summed E-state index contributed by atoms with van der Waals surface area (Å²) in [6.07, 6.45) is 5.17. The molecule has 0 aromatic rings. The Morgan fingerprint density at radius 3 is 2.50 bits per heavy atom. The Kier molecular flexibility index (Phi) is 5.44. The molecule has 2 rings (SSSR count). The molecule has 0 amide bonds. The number of esters is 1. The van der Waals surface area contributed by atoms with E-state index in [4.69, 9.17) is 4.74 Å². The fourth-order valence-corrected chi connectivity index (χ4v) is 3.79. The van der Waals surface area contributed by atoms with Crippen LogP contribution in [0.25, 0.3) is 0 Å². The number of carbonyl (C=O) groups excluding carboxylic acids is 1. The van der Waals surface area contributed by atoms with Gasteiger partial charge in [0, 0.05) is 19.6 Å². The van der Waals surface area contributed by atoms with Crippen LogP contribution in [0.4, 0.5) is 0 Å². The van der Waals surface area contributed by atoms with Crippen LogP contribution in [-0.2, 0) is 9.53 Å². The number of hydrogen-bond acceptors (Lipinski definition) is 4. The normalized spacial score (nSPS) is 29.1. The molecule has 0 aromatic heterocycles. The van der Waals surface area contributed by atoms with E-state index in [1.165, 1.54) is 19.3 Å². The van der Waals surface area contributed by atoms with Crippen LogP contribution in [0.15, 0.2) is 0 Å². The summed E-state index contributed by atoms with van der Waals surface area (Å²) < 4.78 is 5.28. The van der Waals surface area contributed by atoms with E-state index in [0.29, 0.717) is 6.61 Å². The molecule has 0 radical (unpaired) electrons. The lowest BCUT2D eigenvalue weighted by Gasteiger charge is -2.33.